The second-order valence-corrected chi connectivity index (χ2v) is 6.41. The summed E-state index contributed by atoms with van der Waals surface area (Å²) in [5.74, 6) is 0.460. The van der Waals surface area contributed by atoms with Crippen molar-refractivity contribution in [2.24, 2.45) is 0 Å². The fraction of sp³-hybridized carbons (Fsp3) is 0.667. The minimum Gasteiger partial charge on any atom is -0.444 e. The summed E-state index contributed by atoms with van der Waals surface area (Å²) >= 11 is 0. The van der Waals surface area contributed by atoms with Gasteiger partial charge in [0.1, 0.15) is 23.4 Å². The zero-order valence-corrected chi connectivity index (χ0v) is 13.6. The van der Waals surface area contributed by atoms with Crippen molar-refractivity contribution >= 4 is 11.9 Å². The minimum atomic E-state index is -2.62. The van der Waals surface area contributed by atoms with E-state index in [1.54, 1.807) is 4.90 Å². The van der Waals surface area contributed by atoms with E-state index < -0.39 is 12.0 Å². The molecule has 1 aliphatic heterocycles. The van der Waals surface area contributed by atoms with Gasteiger partial charge >= 0.3 is 6.09 Å². The number of rotatable bonds is 2. The molecule has 1 amide bonds. The summed E-state index contributed by atoms with van der Waals surface area (Å²) in [6, 6.07) is 1.30. The van der Waals surface area contributed by atoms with Crippen LogP contribution >= 0.6 is 0 Å². The van der Waals surface area contributed by atoms with Crippen LogP contribution in [0.2, 0.25) is 0 Å². The Morgan fingerprint density at radius 2 is 1.96 bits per heavy atom. The van der Waals surface area contributed by atoms with Gasteiger partial charge < -0.3 is 14.5 Å². The zero-order chi connectivity index (χ0) is 17.0. The summed E-state index contributed by atoms with van der Waals surface area (Å²) in [6.45, 7) is 7.64. The molecule has 1 aliphatic rings. The van der Waals surface area contributed by atoms with Crippen molar-refractivity contribution in [1.82, 2.24) is 14.9 Å². The predicted octanol–water partition coefficient (Wildman–Crippen LogP) is 2.86. The lowest BCUT2D eigenvalue weighted by Gasteiger charge is -2.26. The molecule has 8 heteroatoms. The van der Waals surface area contributed by atoms with E-state index >= 15 is 0 Å². The van der Waals surface area contributed by atoms with Crippen molar-refractivity contribution in [1.29, 1.82) is 0 Å². The smallest absolute Gasteiger partial charge is 0.410 e. The lowest BCUT2D eigenvalue weighted by Crippen LogP contribution is -2.39. The van der Waals surface area contributed by atoms with Crippen molar-refractivity contribution in [3.05, 3.63) is 18.1 Å². The predicted molar refractivity (Wildman–Crippen MR) is 81.6 cm³/mol. The lowest BCUT2D eigenvalue weighted by molar-refractivity contribution is 0.0263. The van der Waals surface area contributed by atoms with E-state index in [-0.39, 0.29) is 11.8 Å². The first-order valence-electron chi connectivity index (χ1n) is 7.59. The molecule has 1 aromatic heterocycles. The molecular formula is C15H22F2N4O2. The SMILES string of the molecule is CC(C)(C)OC(=O)N1CCCN(c2cc(C(F)F)ncn2)CC1. The number of amides is 1. The molecule has 0 radical (unpaired) electrons. The van der Waals surface area contributed by atoms with Crippen molar-refractivity contribution in [2.75, 3.05) is 31.1 Å². The Morgan fingerprint density at radius 1 is 1.22 bits per heavy atom. The van der Waals surface area contributed by atoms with Gasteiger partial charge in [0.25, 0.3) is 6.43 Å². The molecule has 0 spiro atoms. The molecule has 2 heterocycles. The van der Waals surface area contributed by atoms with Gasteiger partial charge in [-0.2, -0.15) is 0 Å². The lowest BCUT2D eigenvalue weighted by atomic mass is 10.2. The van der Waals surface area contributed by atoms with Crippen LogP contribution in [0.15, 0.2) is 12.4 Å². The van der Waals surface area contributed by atoms with Gasteiger partial charge in [-0.1, -0.05) is 0 Å². The molecule has 2 rings (SSSR count). The van der Waals surface area contributed by atoms with E-state index in [0.717, 1.165) is 6.33 Å². The average Bonchev–Trinajstić information content (AvgIpc) is 2.71. The number of halogens is 2. The minimum absolute atomic E-state index is 0.289. The Kier molecular flexibility index (Phi) is 5.33. The molecule has 0 aliphatic carbocycles. The van der Waals surface area contributed by atoms with Crippen LogP contribution in [0.1, 0.15) is 39.3 Å². The number of aromatic nitrogens is 2. The molecule has 1 saturated heterocycles. The van der Waals surface area contributed by atoms with Crippen LogP contribution in [-0.4, -0.2) is 52.7 Å². The number of ether oxygens (including phenoxy) is 1. The van der Waals surface area contributed by atoms with Gasteiger partial charge in [0.2, 0.25) is 0 Å². The summed E-state index contributed by atoms with van der Waals surface area (Å²) in [6.07, 6.45) is -1.11. The Bertz CT molecular complexity index is 549. The van der Waals surface area contributed by atoms with E-state index in [1.165, 1.54) is 6.07 Å². The molecule has 0 saturated carbocycles. The second-order valence-electron chi connectivity index (χ2n) is 6.41. The third-order valence-electron chi connectivity index (χ3n) is 3.37. The summed E-state index contributed by atoms with van der Waals surface area (Å²) in [7, 11) is 0. The highest BCUT2D eigenvalue weighted by atomic mass is 19.3. The van der Waals surface area contributed by atoms with Crippen molar-refractivity contribution < 1.29 is 18.3 Å². The molecule has 1 aromatic rings. The van der Waals surface area contributed by atoms with Crippen LogP contribution in [-0.2, 0) is 4.74 Å². The van der Waals surface area contributed by atoms with Gasteiger partial charge in [0, 0.05) is 32.2 Å². The largest absolute Gasteiger partial charge is 0.444 e. The number of carbonyl (C=O) groups excluding carboxylic acids is 1. The highest BCUT2D eigenvalue weighted by Gasteiger charge is 2.25. The first-order chi connectivity index (χ1) is 10.8. The van der Waals surface area contributed by atoms with Crippen molar-refractivity contribution in [2.45, 2.75) is 39.2 Å². The Labute approximate surface area is 134 Å². The molecule has 1 fully saturated rings. The van der Waals surface area contributed by atoms with Gasteiger partial charge in [0.05, 0.1) is 0 Å². The average molecular weight is 328 g/mol. The van der Waals surface area contributed by atoms with E-state index in [4.69, 9.17) is 4.74 Å². The number of hydrogen-bond acceptors (Lipinski definition) is 5. The van der Waals surface area contributed by atoms with E-state index in [1.807, 2.05) is 25.7 Å². The summed E-state index contributed by atoms with van der Waals surface area (Å²) in [4.78, 5) is 23.3. The highest BCUT2D eigenvalue weighted by Crippen LogP contribution is 2.21. The summed E-state index contributed by atoms with van der Waals surface area (Å²) in [5, 5.41) is 0. The maximum atomic E-state index is 12.7. The molecule has 128 valence electrons. The first-order valence-corrected chi connectivity index (χ1v) is 7.59. The fourth-order valence-corrected chi connectivity index (χ4v) is 2.31. The van der Waals surface area contributed by atoms with Gasteiger partial charge in [-0.15, -0.1) is 0 Å². The van der Waals surface area contributed by atoms with Crippen LogP contribution in [0.4, 0.5) is 19.4 Å². The molecule has 23 heavy (non-hydrogen) atoms. The Balaban J connectivity index is 2.01. The number of anilines is 1. The normalized spacial score (nSPS) is 16.4. The van der Waals surface area contributed by atoms with E-state index in [9.17, 15) is 13.6 Å². The monoisotopic (exact) mass is 328 g/mol. The maximum absolute atomic E-state index is 12.7. The van der Waals surface area contributed by atoms with Crippen molar-refractivity contribution in [3.8, 4) is 0 Å². The molecule has 0 atom stereocenters. The van der Waals surface area contributed by atoms with Crippen LogP contribution in [0, 0.1) is 0 Å². The number of alkyl halides is 2. The Hall–Kier alpha value is -1.99. The molecule has 0 bridgehead atoms. The molecule has 6 nitrogen and oxygen atoms in total. The highest BCUT2D eigenvalue weighted by molar-refractivity contribution is 5.68. The van der Waals surface area contributed by atoms with Crippen molar-refractivity contribution in [3.63, 3.8) is 0 Å². The quantitative estimate of drug-likeness (QED) is 0.835. The summed E-state index contributed by atoms with van der Waals surface area (Å²) < 4.78 is 30.9. The number of carbonyl (C=O) groups is 1. The van der Waals surface area contributed by atoms with Gasteiger partial charge in [-0.05, 0) is 27.2 Å². The molecular weight excluding hydrogens is 306 g/mol. The third-order valence-corrected chi connectivity index (χ3v) is 3.37. The summed E-state index contributed by atoms with van der Waals surface area (Å²) in [5.41, 5.74) is -0.828. The van der Waals surface area contributed by atoms with Crippen LogP contribution < -0.4 is 4.90 Å². The second kappa shape index (κ2) is 7.06. The maximum Gasteiger partial charge on any atom is 0.410 e. The zero-order valence-electron chi connectivity index (χ0n) is 13.6. The van der Waals surface area contributed by atoms with Crippen LogP contribution in [0.3, 0.4) is 0 Å². The van der Waals surface area contributed by atoms with E-state index in [0.29, 0.717) is 38.4 Å². The van der Waals surface area contributed by atoms with E-state index in [2.05, 4.69) is 9.97 Å². The first kappa shape index (κ1) is 17.4. The number of nitrogens with zero attached hydrogens (tertiary/aromatic N) is 4. The number of hydrogen-bond donors (Lipinski definition) is 0. The molecule has 0 unspecified atom stereocenters. The third kappa shape index (κ3) is 5.01. The fourth-order valence-electron chi connectivity index (χ4n) is 2.31. The molecule has 0 aromatic carbocycles. The topological polar surface area (TPSA) is 58.6 Å². The van der Waals surface area contributed by atoms with Crippen LogP contribution in [0.25, 0.3) is 0 Å². The van der Waals surface area contributed by atoms with Gasteiger partial charge in [-0.3, -0.25) is 0 Å². The van der Waals surface area contributed by atoms with Gasteiger partial charge in [0.15, 0.2) is 0 Å². The Morgan fingerprint density at radius 3 is 2.61 bits per heavy atom. The van der Waals surface area contributed by atoms with Gasteiger partial charge in [-0.25, -0.2) is 23.5 Å². The van der Waals surface area contributed by atoms with Crippen LogP contribution in [0.5, 0.6) is 0 Å². The standard InChI is InChI=1S/C15H22F2N4O2/c1-15(2,3)23-14(22)21-6-4-5-20(7-8-21)12-9-11(13(16)17)18-10-19-12/h9-10,13H,4-8H2,1-3H3. The molecule has 0 N–H and O–H groups in total.